The second-order valence-electron chi connectivity index (χ2n) is 4.63. The highest BCUT2D eigenvalue weighted by Crippen LogP contribution is 2.06. The third-order valence-corrected chi connectivity index (χ3v) is 7.83. The van der Waals surface area contributed by atoms with Crippen molar-refractivity contribution in [2.45, 2.75) is 13.1 Å². The van der Waals surface area contributed by atoms with E-state index in [1.807, 2.05) is 0 Å². The van der Waals surface area contributed by atoms with Crippen molar-refractivity contribution in [1.82, 2.24) is 0 Å². The number of carbonyl (C=O) groups excluding carboxylic acids is 2. The monoisotopic (exact) mass is 352 g/mol. The molecule has 22 heavy (non-hydrogen) atoms. The van der Waals surface area contributed by atoms with Crippen LogP contribution in [0.1, 0.15) is 0 Å². The van der Waals surface area contributed by atoms with Crippen LogP contribution in [0, 0.1) is 0 Å². The molecule has 0 aliphatic rings. The molecule has 0 saturated heterocycles. The molecule has 0 aliphatic carbocycles. The normalized spacial score (nSPS) is 12.5. The van der Waals surface area contributed by atoms with E-state index >= 15 is 0 Å². The fourth-order valence-electron chi connectivity index (χ4n) is 1.04. The molecule has 0 bridgehead atoms. The smallest absolute Gasteiger partial charge is 0.373 e. The second kappa shape index (κ2) is 9.87. The van der Waals surface area contributed by atoms with Crippen LogP contribution >= 0.6 is 0 Å². The van der Waals surface area contributed by atoms with Gasteiger partial charge in [-0.05, 0) is 13.1 Å². The number of hydrogen-bond donors (Lipinski definition) is 0. The van der Waals surface area contributed by atoms with Gasteiger partial charge in [-0.25, -0.2) is 9.59 Å². The van der Waals surface area contributed by atoms with Crippen LogP contribution in [0.15, 0.2) is 12.2 Å². The highest BCUT2D eigenvalue weighted by molar-refractivity contribution is 6.66. The van der Waals surface area contributed by atoms with E-state index in [1.165, 1.54) is 28.4 Å². The Bertz CT molecular complexity index is 355. The van der Waals surface area contributed by atoms with Gasteiger partial charge in [0, 0.05) is 40.6 Å². The summed E-state index contributed by atoms with van der Waals surface area (Å²) in [5.74, 6) is -1.36. The molecule has 0 aromatic heterocycles. The van der Waals surface area contributed by atoms with E-state index in [4.69, 9.17) is 27.2 Å². The second-order valence-corrected chi connectivity index (χ2v) is 11.4. The maximum Gasteiger partial charge on any atom is 0.373 e. The fraction of sp³-hybridized carbons (Fsp3) is 0.667. The predicted molar refractivity (Wildman–Crippen MR) is 82.3 cm³/mol. The van der Waals surface area contributed by atoms with Gasteiger partial charge in [0.2, 0.25) is 0 Å². The summed E-state index contributed by atoms with van der Waals surface area (Å²) in [5, 5.41) is 0. The Morgan fingerprint density at radius 2 is 1.00 bits per heavy atom. The first-order valence-corrected chi connectivity index (χ1v) is 11.5. The molecule has 0 saturated carbocycles. The van der Waals surface area contributed by atoms with Gasteiger partial charge >= 0.3 is 29.1 Å². The molecule has 128 valence electrons. The van der Waals surface area contributed by atoms with Crippen molar-refractivity contribution < 1.29 is 36.8 Å². The first-order valence-electron chi connectivity index (χ1n) is 6.46. The van der Waals surface area contributed by atoms with E-state index in [0.29, 0.717) is 0 Å². The van der Waals surface area contributed by atoms with Gasteiger partial charge in [0.1, 0.15) is 12.5 Å². The summed E-state index contributed by atoms with van der Waals surface area (Å²) in [5.41, 5.74) is 0. The molecule has 0 spiro atoms. The summed E-state index contributed by atoms with van der Waals surface area (Å²) in [7, 11) is 0.984. The minimum atomic E-state index is -2.49. The minimum absolute atomic E-state index is 0.0244. The third kappa shape index (κ3) is 7.82. The molecule has 0 amide bonds. The molecular formula is C12H24O8Si2. The van der Waals surface area contributed by atoms with E-state index in [0.717, 1.165) is 12.2 Å². The SMILES string of the molecule is CO[Si](C)(COC(=O)C=CC(=O)OC[Si](C)(OC)OC)OC. The Morgan fingerprint density at radius 3 is 1.23 bits per heavy atom. The van der Waals surface area contributed by atoms with Crippen molar-refractivity contribution in [3.05, 3.63) is 12.2 Å². The van der Waals surface area contributed by atoms with Crippen LogP contribution < -0.4 is 0 Å². The summed E-state index contributed by atoms with van der Waals surface area (Å²) in [6.07, 6.45) is 2.02. The van der Waals surface area contributed by atoms with Gasteiger partial charge in [-0.3, -0.25) is 0 Å². The lowest BCUT2D eigenvalue weighted by atomic mass is 10.5. The van der Waals surface area contributed by atoms with E-state index in [2.05, 4.69) is 0 Å². The molecule has 10 heteroatoms. The molecule has 0 rings (SSSR count). The van der Waals surface area contributed by atoms with Crippen LogP contribution in [-0.4, -0.2) is 70.0 Å². The summed E-state index contributed by atoms with van der Waals surface area (Å²) in [6, 6.07) is 0. The molecule has 0 aromatic carbocycles. The zero-order valence-electron chi connectivity index (χ0n) is 13.8. The lowest BCUT2D eigenvalue weighted by Crippen LogP contribution is -2.43. The lowest BCUT2D eigenvalue weighted by Gasteiger charge is -2.21. The van der Waals surface area contributed by atoms with Crippen LogP contribution in [0.2, 0.25) is 13.1 Å². The zero-order valence-corrected chi connectivity index (χ0v) is 15.8. The Labute approximate surface area is 132 Å². The standard InChI is InChI=1S/C12H24O8Si2/c1-15-21(5,16-2)9-19-11(13)7-8-12(14)20-10-22(6,17-3)18-4/h7-8H,9-10H2,1-6H3. The van der Waals surface area contributed by atoms with Crippen molar-refractivity contribution >= 4 is 29.1 Å². The lowest BCUT2D eigenvalue weighted by molar-refractivity contribution is -0.139. The average molecular weight is 352 g/mol. The number of carbonyl (C=O) groups is 2. The topological polar surface area (TPSA) is 89.5 Å². The highest BCUT2D eigenvalue weighted by Gasteiger charge is 2.31. The quantitative estimate of drug-likeness (QED) is 0.318. The van der Waals surface area contributed by atoms with Crippen molar-refractivity contribution in [2.75, 3.05) is 40.9 Å². The maximum absolute atomic E-state index is 11.5. The van der Waals surface area contributed by atoms with Crippen LogP contribution in [0.4, 0.5) is 0 Å². The van der Waals surface area contributed by atoms with E-state index in [9.17, 15) is 9.59 Å². The predicted octanol–water partition coefficient (Wildman–Crippen LogP) is 0.437. The van der Waals surface area contributed by atoms with Gasteiger partial charge in [0.15, 0.2) is 0 Å². The summed E-state index contributed by atoms with van der Waals surface area (Å²) >= 11 is 0. The molecule has 0 atom stereocenters. The molecule has 0 aliphatic heterocycles. The van der Waals surface area contributed by atoms with E-state index in [1.54, 1.807) is 13.1 Å². The Hall–Kier alpha value is -1.05. The molecule has 0 heterocycles. The Morgan fingerprint density at radius 1 is 0.727 bits per heavy atom. The number of ether oxygens (including phenoxy) is 2. The summed E-state index contributed by atoms with van der Waals surface area (Å²) < 4.78 is 30.6. The number of rotatable bonds is 10. The van der Waals surface area contributed by atoms with Crippen molar-refractivity contribution in [1.29, 1.82) is 0 Å². The Balaban J connectivity index is 4.25. The molecule has 0 aromatic rings. The van der Waals surface area contributed by atoms with Crippen LogP contribution in [0.5, 0.6) is 0 Å². The molecule has 8 nitrogen and oxygen atoms in total. The van der Waals surface area contributed by atoms with Crippen LogP contribution in [0.25, 0.3) is 0 Å². The van der Waals surface area contributed by atoms with Crippen molar-refractivity contribution in [3.63, 3.8) is 0 Å². The van der Waals surface area contributed by atoms with E-state index < -0.39 is 29.1 Å². The third-order valence-electron chi connectivity index (χ3n) is 3.04. The molecular weight excluding hydrogens is 328 g/mol. The van der Waals surface area contributed by atoms with Crippen molar-refractivity contribution in [3.8, 4) is 0 Å². The molecule has 0 unspecified atom stereocenters. The average Bonchev–Trinajstić information content (AvgIpc) is 2.55. The molecule has 0 N–H and O–H groups in total. The van der Waals surface area contributed by atoms with Gasteiger partial charge in [-0.1, -0.05) is 0 Å². The van der Waals surface area contributed by atoms with E-state index in [-0.39, 0.29) is 12.5 Å². The summed E-state index contributed by atoms with van der Waals surface area (Å²) in [6.45, 7) is 3.50. The Kier molecular flexibility index (Phi) is 9.40. The van der Waals surface area contributed by atoms with Crippen LogP contribution in [0.3, 0.4) is 0 Å². The number of hydrogen-bond acceptors (Lipinski definition) is 8. The van der Waals surface area contributed by atoms with Gasteiger partial charge in [0.05, 0.1) is 0 Å². The van der Waals surface area contributed by atoms with Crippen molar-refractivity contribution in [2.24, 2.45) is 0 Å². The van der Waals surface area contributed by atoms with Crippen LogP contribution in [-0.2, 0) is 36.8 Å². The number of esters is 2. The highest BCUT2D eigenvalue weighted by atomic mass is 28.4. The van der Waals surface area contributed by atoms with Gasteiger partial charge < -0.3 is 27.2 Å². The maximum atomic E-state index is 11.5. The van der Waals surface area contributed by atoms with Gasteiger partial charge in [-0.2, -0.15) is 0 Å². The first-order chi connectivity index (χ1) is 10.2. The van der Waals surface area contributed by atoms with Gasteiger partial charge in [-0.15, -0.1) is 0 Å². The van der Waals surface area contributed by atoms with Gasteiger partial charge in [0.25, 0.3) is 0 Å². The minimum Gasteiger partial charge on any atom is -0.461 e. The molecule has 0 fully saturated rings. The first kappa shape index (κ1) is 21.0. The zero-order chi connectivity index (χ0) is 17.2. The molecule has 0 radical (unpaired) electrons. The summed E-state index contributed by atoms with van der Waals surface area (Å²) in [4.78, 5) is 23.0. The fourth-order valence-corrected chi connectivity index (χ4v) is 2.65. The largest absolute Gasteiger partial charge is 0.461 e.